The Balaban J connectivity index is 1.36. The number of fused-ring (bicyclic) bond motifs is 1. The van der Waals surface area contributed by atoms with Crippen molar-refractivity contribution < 1.29 is 13.9 Å². The number of hydrogen-bond donors (Lipinski definition) is 0. The SMILES string of the molecule is Cc1nnc(C[C@@H]2C[C@@H]3CN(C(=O)c4cnccn4)C[C@@H]3O2)o1. The number of likely N-dealkylation sites (tertiary alicyclic amines) is 1. The standard InChI is InChI=1S/C15H17N5O3/c1-9-18-19-14(22-9)5-11-4-10-7-20(8-13(10)23-11)15(21)12-6-16-2-3-17-12/h2-3,6,10-11,13H,4-5,7-8H2,1H3/t10-,11+,13+/m1/s1. The van der Waals surface area contributed by atoms with Crippen molar-refractivity contribution >= 4 is 5.91 Å². The van der Waals surface area contributed by atoms with E-state index in [1.165, 1.54) is 12.4 Å². The topological polar surface area (TPSA) is 94.2 Å². The number of rotatable bonds is 3. The number of aromatic nitrogens is 4. The van der Waals surface area contributed by atoms with Crippen LogP contribution >= 0.6 is 0 Å². The lowest BCUT2D eigenvalue weighted by Gasteiger charge is -2.18. The lowest BCUT2D eigenvalue weighted by Crippen LogP contribution is -2.32. The van der Waals surface area contributed by atoms with Crippen LogP contribution in [0.3, 0.4) is 0 Å². The van der Waals surface area contributed by atoms with Gasteiger partial charge in [-0.3, -0.25) is 9.78 Å². The smallest absolute Gasteiger partial charge is 0.274 e. The molecule has 23 heavy (non-hydrogen) atoms. The van der Waals surface area contributed by atoms with Gasteiger partial charge < -0.3 is 14.1 Å². The highest BCUT2D eigenvalue weighted by Gasteiger charge is 2.44. The van der Waals surface area contributed by atoms with Crippen LogP contribution in [-0.2, 0) is 11.2 Å². The van der Waals surface area contributed by atoms with E-state index in [-0.39, 0.29) is 18.1 Å². The van der Waals surface area contributed by atoms with Crippen molar-refractivity contribution in [2.45, 2.75) is 32.0 Å². The molecule has 0 spiro atoms. The van der Waals surface area contributed by atoms with Crippen molar-refractivity contribution in [3.05, 3.63) is 36.1 Å². The molecule has 0 N–H and O–H groups in total. The van der Waals surface area contributed by atoms with Gasteiger partial charge in [0.15, 0.2) is 0 Å². The van der Waals surface area contributed by atoms with Gasteiger partial charge in [0.05, 0.1) is 24.8 Å². The average Bonchev–Trinajstić information content (AvgIpc) is 3.22. The van der Waals surface area contributed by atoms with Crippen molar-refractivity contribution in [3.63, 3.8) is 0 Å². The Morgan fingerprint density at radius 1 is 1.35 bits per heavy atom. The van der Waals surface area contributed by atoms with Crippen LogP contribution in [0.4, 0.5) is 0 Å². The predicted molar refractivity (Wildman–Crippen MR) is 77.4 cm³/mol. The molecule has 4 rings (SSSR count). The van der Waals surface area contributed by atoms with Gasteiger partial charge in [0, 0.05) is 38.3 Å². The molecule has 2 aliphatic heterocycles. The molecule has 2 aliphatic rings. The largest absolute Gasteiger partial charge is 0.426 e. The molecule has 0 radical (unpaired) electrons. The maximum absolute atomic E-state index is 12.4. The van der Waals surface area contributed by atoms with E-state index in [1.807, 2.05) is 0 Å². The molecule has 0 aromatic carbocycles. The Morgan fingerprint density at radius 2 is 2.26 bits per heavy atom. The zero-order valence-electron chi connectivity index (χ0n) is 12.8. The monoisotopic (exact) mass is 315 g/mol. The first-order valence-electron chi connectivity index (χ1n) is 7.69. The Labute approximate surface area is 132 Å². The molecule has 1 amide bonds. The Bertz CT molecular complexity index is 690. The summed E-state index contributed by atoms with van der Waals surface area (Å²) in [5.41, 5.74) is 0.380. The van der Waals surface area contributed by atoms with Crippen LogP contribution in [0.5, 0.6) is 0 Å². The van der Waals surface area contributed by atoms with Crippen molar-refractivity contribution in [1.29, 1.82) is 0 Å². The van der Waals surface area contributed by atoms with E-state index >= 15 is 0 Å². The minimum absolute atomic E-state index is 0.0737. The van der Waals surface area contributed by atoms with Crippen LogP contribution in [0.25, 0.3) is 0 Å². The van der Waals surface area contributed by atoms with Gasteiger partial charge in [-0.2, -0.15) is 0 Å². The molecule has 8 nitrogen and oxygen atoms in total. The third kappa shape index (κ3) is 2.81. The van der Waals surface area contributed by atoms with Crippen LogP contribution in [0.2, 0.25) is 0 Å². The summed E-state index contributed by atoms with van der Waals surface area (Å²) in [5, 5.41) is 7.84. The van der Waals surface area contributed by atoms with Crippen molar-refractivity contribution in [2.24, 2.45) is 5.92 Å². The number of carbonyl (C=O) groups is 1. The first kappa shape index (κ1) is 14.3. The average molecular weight is 315 g/mol. The molecule has 2 saturated heterocycles. The van der Waals surface area contributed by atoms with E-state index in [9.17, 15) is 4.79 Å². The molecule has 2 aromatic rings. The van der Waals surface area contributed by atoms with Gasteiger partial charge >= 0.3 is 0 Å². The molecule has 120 valence electrons. The van der Waals surface area contributed by atoms with Gasteiger partial charge in [-0.15, -0.1) is 10.2 Å². The molecule has 3 atom stereocenters. The van der Waals surface area contributed by atoms with Crippen LogP contribution in [0.15, 0.2) is 23.0 Å². The molecule has 0 saturated carbocycles. The second-order valence-electron chi connectivity index (χ2n) is 6.01. The van der Waals surface area contributed by atoms with Gasteiger partial charge in [-0.25, -0.2) is 4.98 Å². The van der Waals surface area contributed by atoms with Gasteiger partial charge in [0.25, 0.3) is 5.91 Å². The maximum Gasteiger partial charge on any atom is 0.274 e. The molecule has 0 aliphatic carbocycles. The Kier molecular flexibility index (Phi) is 3.53. The zero-order chi connectivity index (χ0) is 15.8. The van der Waals surface area contributed by atoms with Crippen LogP contribution in [0, 0.1) is 12.8 Å². The fraction of sp³-hybridized carbons (Fsp3) is 0.533. The summed E-state index contributed by atoms with van der Waals surface area (Å²) in [4.78, 5) is 22.2. The van der Waals surface area contributed by atoms with Crippen molar-refractivity contribution in [3.8, 4) is 0 Å². The Hall–Kier alpha value is -2.35. The number of amides is 1. The van der Waals surface area contributed by atoms with Gasteiger partial charge in [-0.05, 0) is 6.42 Å². The molecule has 0 bridgehead atoms. The fourth-order valence-electron chi connectivity index (χ4n) is 3.35. The summed E-state index contributed by atoms with van der Waals surface area (Å²) in [6.45, 7) is 3.07. The van der Waals surface area contributed by atoms with Crippen molar-refractivity contribution in [2.75, 3.05) is 13.1 Å². The van der Waals surface area contributed by atoms with Crippen LogP contribution in [0.1, 0.15) is 28.7 Å². The van der Waals surface area contributed by atoms with Gasteiger partial charge in [-0.1, -0.05) is 0 Å². The fourth-order valence-corrected chi connectivity index (χ4v) is 3.35. The summed E-state index contributed by atoms with van der Waals surface area (Å²) in [6, 6.07) is 0. The summed E-state index contributed by atoms with van der Waals surface area (Å²) in [6.07, 6.45) is 6.27. The van der Waals surface area contributed by atoms with Crippen LogP contribution < -0.4 is 0 Å². The highest BCUT2D eigenvalue weighted by atomic mass is 16.5. The van der Waals surface area contributed by atoms with Gasteiger partial charge in [0.2, 0.25) is 11.8 Å². The minimum Gasteiger partial charge on any atom is -0.426 e. The molecule has 0 unspecified atom stereocenters. The van der Waals surface area contributed by atoms with Crippen molar-refractivity contribution in [1.82, 2.24) is 25.1 Å². The second-order valence-corrected chi connectivity index (χ2v) is 6.01. The van der Waals surface area contributed by atoms with E-state index in [1.54, 1.807) is 18.0 Å². The highest BCUT2D eigenvalue weighted by molar-refractivity contribution is 5.92. The number of nitrogens with zero attached hydrogens (tertiary/aromatic N) is 5. The lowest BCUT2D eigenvalue weighted by atomic mass is 10.0. The lowest BCUT2D eigenvalue weighted by molar-refractivity contribution is 0.0334. The summed E-state index contributed by atoms with van der Waals surface area (Å²) in [5.74, 6) is 1.45. The first-order chi connectivity index (χ1) is 11.2. The summed E-state index contributed by atoms with van der Waals surface area (Å²) in [7, 11) is 0. The molecule has 2 aromatic heterocycles. The first-order valence-corrected chi connectivity index (χ1v) is 7.69. The van der Waals surface area contributed by atoms with E-state index < -0.39 is 0 Å². The second kappa shape index (κ2) is 5.69. The molecule has 8 heteroatoms. The molecule has 2 fully saturated rings. The third-order valence-corrected chi connectivity index (χ3v) is 4.35. The van der Waals surface area contributed by atoms with Gasteiger partial charge in [0.1, 0.15) is 5.69 Å². The molecule has 4 heterocycles. The summed E-state index contributed by atoms with van der Waals surface area (Å²) >= 11 is 0. The van der Waals surface area contributed by atoms with E-state index in [0.29, 0.717) is 42.9 Å². The maximum atomic E-state index is 12.4. The number of carbonyl (C=O) groups excluding carboxylic acids is 1. The number of ether oxygens (including phenoxy) is 1. The summed E-state index contributed by atoms with van der Waals surface area (Å²) < 4.78 is 11.5. The zero-order valence-corrected chi connectivity index (χ0v) is 12.8. The number of aryl methyl sites for hydroxylation is 1. The molecular formula is C15H17N5O3. The Morgan fingerprint density at radius 3 is 2.96 bits per heavy atom. The molecular weight excluding hydrogens is 298 g/mol. The quantitative estimate of drug-likeness (QED) is 0.820. The van der Waals surface area contributed by atoms with E-state index in [2.05, 4.69) is 20.2 Å². The minimum atomic E-state index is -0.0832. The van der Waals surface area contributed by atoms with E-state index in [0.717, 1.165) is 6.42 Å². The normalized spacial score (nSPS) is 26.5. The van der Waals surface area contributed by atoms with E-state index in [4.69, 9.17) is 9.15 Å². The number of hydrogen-bond acceptors (Lipinski definition) is 7. The highest BCUT2D eigenvalue weighted by Crippen LogP contribution is 2.34. The third-order valence-electron chi connectivity index (χ3n) is 4.35. The predicted octanol–water partition coefficient (Wildman–Crippen LogP) is 0.640. The van der Waals surface area contributed by atoms with Crippen LogP contribution in [-0.4, -0.2) is 56.3 Å².